The van der Waals surface area contributed by atoms with Crippen molar-refractivity contribution in [1.82, 2.24) is 9.97 Å². The molecule has 0 spiro atoms. The number of phenolic OH excluding ortho intramolecular Hbond substituents is 3. The molecule has 0 fully saturated rings. The summed E-state index contributed by atoms with van der Waals surface area (Å²) in [5.41, 5.74) is 2.50. The molecule has 1 atom stereocenters. The van der Waals surface area contributed by atoms with Gasteiger partial charge >= 0.3 is 0 Å². The number of aromatic hydroxyl groups is 3. The number of aromatic nitrogens is 2. The number of phenols is 3. The second-order valence-corrected chi connectivity index (χ2v) is 7.13. The Morgan fingerprint density at radius 3 is 2.55 bits per heavy atom. The molecule has 0 bridgehead atoms. The van der Waals surface area contributed by atoms with Crippen molar-refractivity contribution >= 4 is 28.3 Å². The minimum atomic E-state index is -0.569. The molecule has 0 radical (unpaired) electrons. The predicted octanol–water partition coefficient (Wildman–Crippen LogP) is 4.91. The van der Waals surface area contributed by atoms with Gasteiger partial charge in [-0.1, -0.05) is 35.9 Å². The van der Waals surface area contributed by atoms with Crippen LogP contribution in [0.15, 0.2) is 60.9 Å². The number of hydrogen-bond acceptors (Lipinski definition) is 6. The molecule has 4 N–H and O–H groups in total. The molecule has 0 saturated heterocycles. The molecule has 4 rings (SSSR count). The summed E-state index contributed by atoms with van der Waals surface area (Å²) in [7, 11) is 0. The van der Waals surface area contributed by atoms with Crippen molar-refractivity contribution in [2.75, 3.05) is 5.32 Å². The Hall–Kier alpha value is -3.51. The highest BCUT2D eigenvalue weighted by atomic mass is 35.5. The Bertz CT molecular complexity index is 1210. The lowest BCUT2D eigenvalue weighted by Gasteiger charge is -2.22. The van der Waals surface area contributed by atoms with E-state index in [9.17, 15) is 15.3 Å². The molecule has 1 unspecified atom stereocenters. The molecule has 2 aromatic carbocycles. The van der Waals surface area contributed by atoms with Gasteiger partial charge in [0.25, 0.3) is 0 Å². The third kappa shape index (κ3) is 3.62. The lowest BCUT2D eigenvalue weighted by molar-refractivity contribution is 0.403. The van der Waals surface area contributed by atoms with Crippen molar-refractivity contribution in [2.45, 2.75) is 13.0 Å². The number of hydrogen-bond donors (Lipinski definition) is 4. The molecule has 6 nitrogen and oxygen atoms in total. The standard InChI is InChI=1S/C22H18ClN3O3/c1-12-9-19(25-11-16(12)23)26-20(14-5-7-17(27)18(28)10-14)15-6-4-13-3-2-8-24-21(13)22(15)29/h2-11,20,27-29H,1H3,(H,25,26). The molecule has 4 aromatic rings. The van der Waals surface area contributed by atoms with Crippen LogP contribution in [0.3, 0.4) is 0 Å². The average Bonchev–Trinajstić information content (AvgIpc) is 2.72. The van der Waals surface area contributed by atoms with Gasteiger partial charge in [0.05, 0.1) is 11.1 Å². The SMILES string of the molecule is Cc1cc(NC(c2ccc(O)c(O)c2)c2ccc3cccnc3c2O)ncc1Cl. The summed E-state index contributed by atoms with van der Waals surface area (Å²) in [6.07, 6.45) is 3.16. The highest BCUT2D eigenvalue weighted by Crippen LogP contribution is 2.38. The third-order valence-electron chi connectivity index (χ3n) is 4.76. The Kier molecular flexibility index (Phi) is 4.86. The van der Waals surface area contributed by atoms with Crippen LogP contribution >= 0.6 is 11.6 Å². The van der Waals surface area contributed by atoms with E-state index in [2.05, 4.69) is 15.3 Å². The van der Waals surface area contributed by atoms with Crippen molar-refractivity contribution in [3.8, 4) is 17.2 Å². The fraction of sp³-hybridized carbons (Fsp3) is 0.0909. The van der Waals surface area contributed by atoms with Gasteiger partial charge in [0.1, 0.15) is 17.1 Å². The lowest BCUT2D eigenvalue weighted by Crippen LogP contribution is -2.14. The van der Waals surface area contributed by atoms with Crippen LogP contribution in [-0.2, 0) is 0 Å². The van der Waals surface area contributed by atoms with Crippen LogP contribution in [0.5, 0.6) is 17.2 Å². The molecule has 0 aliphatic rings. The van der Waals surface area contributed by atoms with Crippen molar-refractivity contribution < 1.29 is 15.3 Å². The first-order valence-corrected chi connectivity index (χ1v) is 9.29. The van der Waals surface area contributed by atoms with E-state index < -0.39 is 6.04 Å². The van der Waals surface area contributed by atoms with Gasteiger partial charge in [-0.2, -0.15) is 0 Å². The van der Waals surface area contributed by atoms with Crippen LogP contribution in [0.4, 0.5) is 5.82 Å². The van der Waals surface area contributed by atoms with Crippen LogP contribution in [-0.4, -0.2) is 25.3 Å². The molecule has 0 aliphatic carbocycles. The van der Waals surface area contributed by atoms with Crippen molar-refractivity contribution in [3.05, 3.63) is 82.6 Å². The summed E-state index contributed by atoms with van der Waals surface area (Å²) in [6.45, 7) is 1.87. The zero-order valence-electron chi connectivity index (χ0n) is 15.5. The molecule has 29 heavy (non-hydrogen) atoms. The number of anilines is 1. The van der Waals surface area contributed by atoms with Gasteiger partial charge in [0, 0.05) is 23.3 Å². The number of benzene rings is 2. The summed E-state index contributed by atoms with van der Waals surface area (Å²) in [5.74, 6) is 0.0918. The van der Waals surface area contributed by atoms with E-state index in [4.69, 9.17) is 11.6 Å². The van der Waals surface area contributed by atoms with E-state index in [1.54, 1.807) is 36.7 Å². The quantitative estimate of drug-likeness (QED) is 0.359. The van der Waals surface area contributed by atoms with Crippen LogP contribution in [0.2, 0.25) is 5.02 Å². The van der Waals surface area contributed by atoms with Gasteiger partial charge in [0.15, 0.2) is 11.5 Å². The van der Waals surface area contributed by atoms with Crippen LogP contribution in [0.25, 0.3) is 10.9 Å². The molecule has 0 aliphatic heterocycles. The molecular weight excluding hydrogens is 390 g/mol. The van der Waals surface area contributed by atoms with E-state index in [1.807, 2.05) is 19.1 Å². The number of pyridine rings is 2. The minimum absolute atomic E-state index is 0.0267. The first-order valence-electron chi connectivity index (χ1n) is 8.91. The maximum atomic E-state index is 10.9. The van der Waals surface area contributed by atoms with Crippen molar-refractivity contribution in [2.24, 2.45) is 0 Å². The van der Waals surface area contributed by atoms with Crippen LogP contribution in [0, 0.1) is 6.92 Å². The van der Waals surface area contributed by atoms with E-state index in [-0.39, 0.29) is 17.2 Å². The van der Waals surface area contributed by atoms with Crippen molar-refractivity contribution in [3.63, 3.8) is 0 Å². The second kappa shape index (κ2) is 7.48. The predicted molar refractivity (Wildman–Crippen MR) is 113 cm³/mol. The fourth-order valence-electron chi connectivity index (χ4n) is 3.21. The maximum absolute atomic E-state index is 10.9. The van der Waals surface area contributed by atoms with Crippen LogP contribution < -0.4 is 5.32 Å². The number of fused-ring (bicyclic) bond motifs is 1. The van der Waals surface area contributed by atoms with Crippen LogP contribution in [0.1, 0.15) is 22.7 Å². The third-order valence-corrected chi connectivity index (χ3v) is 5.16. The molecule has 2 heterocycles. The Morgan fingerprint density at radius 2 is 1.79 bits per heavy atom. The molecular formula is C22H18ClN3O3. The Morgan fingerprint density at radius 1 is 0.966 bits per heavy atom. The summed E-state index contributed by atoms with van der Waals surface area (Å²) in [5, 5.41) is 35.3. The smallest absolute Gasteiger partial charge is 0.157 e. The first-order chi connectivity index (χ1) is 13.9. The first kappa shape index (κ1) is 18.8. The van der Waals surface area contributed by atoms with Gasteiger partial charge in [-0.3, -0.25) is 4.98 Å². The second-order valence-electron chi connectivity index (χ2n) is 6.72. The summed E-state index contributed by atoms with van der Waals surface area (Å²) in [4.78, 5) is 8.59. The van der Waals surface area contributed by atoms with E-state index in [0.717, 1.165) is 10.9 Å². The minimum Gasteiger partial charge on any atom is -0.505 e. The Balaban J connectivity index is 1.86. The number of nitrogens with zero attached hydrogens (tertiary/aromatic N) is 2. The van der Waals surface area contributed by atoms with Crippen molar-refractivity contribution in [1.29, 1.82) is 0 Å². The topological polar surface area (TPSA) is 98.5 Å². The van der Waals surface area contributed by atoms with E-state index >= 15 is 0 Å². The maximum Gasteiger partial charge on any atom is 0.157 e. The Labute approximate surface area is 172 Å². The van der Waals surface area contributed by atoms with Gasteiger partial charge in [-0.05, 0) is 42.3 Å². The van der Waals surface area contributed by atoms with E-state index in [0.29, 0.717) is 27.5 Å². The average molecular weight is 408 g/mol. The lowest BCUT2D eigenvalue weighted by atomic mass is 9.95. The number of nitrogens with one attached hydrogen (secondary N) is 1. The molecule has 7 heteroatoms. The van der Waals surface area contributed by atoms with Gasteiger partial charge in [-0.15, -0.1) is 0 Å². The normalized spacial score (nSPS) is 12.1. The highest BCUT2D eigenvalue weighted by Gasteiger charge is 2.21. The zero-order chi connectivity index (χ0) is 20.5. The molecule has 0 amide bonds. The zero-order valence-corrected chi connectivity index (χ0v) is 16.2. The number of rotatable bonds is 4. The van der Waals surface area contributed by atoms with Gasteiger partial charge < -0.3 is 20.6 Å². The number of halogens is 1. The number of aryl methyl sites for hydroxylation is 1. The molecule has 0 saturated carbocycles. The fourth-order valence-corrected chi connectivity index (χ4v) is 3.31. The largest absolute Gasteiger partial charge is 0.505 e. The van der Waals surface area contributed by atoms with Gasteiger partial charge in [-0.25, -0.2) is 4.98 Å². The molecule has 2 aromatic heterocycles. The highest BCUT2D eigenvalue weighted by molar-refractivity contribution is 6.31. The van der Waals surface area contributed by atoms with Gasteiger partial charge in [0.2, 0.25) is 0 Å². The summed E-state index contributed by atoms with van der Waals surface area (Å²) in [6, 6.07) is 13.1. The summed E-state index contributed by atoms with van der Waals surface area (Å²) < 4.78 is 0. The monoisotopic (exact) mass is 407 g/mol. The van der Waals surface area contributed by atoms with E-state index in [1.165, 1.54) is 12.1 Å². The molecule has 146 valence electrons. The summed E-state index contributed by atoms with van der Waals surface area (Å²) >= 11 is 6.08.